The number of hydrogen-bond donors (Lipinski definition) is 1. The third-order valence-corrected chi connectivity index (χ3v) is 3.91. The lowest BCUT2D eigenvalue weighted by Gasteiger charge is -2.06. The van der Waals surface area contributed by atoms with E-state index in [0.717, 1.165) is 16.6 Å². The van der Waals surface area contributed by atoms with Gasteiger partial charge in [0.2, 0.25) is 5.89 Å². The van der Waals surface area contributed by atoms with E-state index in [1.54, 1.807) is 12.4 Å². The zero-order chi connectivity index (χ0) is 16.9. The molecule has 25 heavy (non-hydrogen) atoms. The molecule has 124 valence electrons. The zero-order valence-electron chi connectivity index (χ0n) is 13.6. The van der Waals surface area contributed by atoms with Crippen LogP contribution in [0, 0.1) is 0 Å². The van der Waals surface area contributed by atoms with Gasteiger partial charge in [0.1, 0.15) is 5.82 Å². The van der Waals surface area contributed by atoms with Crippen LogP contribution in [0.1, 0.15) is 17.3 Å². The summed E-state index contributed by atoms with van der Waals surface area (Å²) in [5.41, 5.74) is 1.17. The van der Waals surface area contributed by atoms with Crippen molar-refractivity contribution >= 4 is 16.6 Å². The number of fused-ring (bicyclic) bond motifs is 1. The molecule has 1 N–H and O–H groups in total. The maximum Gasteiger partial charge on any atom is 0.228 e. The Hall–Kier alpha value is -3.28. The maximum absolute atomic E-state index is 5.33. The van der Waals surface area contributed by atoms with Crippen LogP contribution >= 0.6 is 0 Å². The fourth-order valence-corrected chi connectivity index (χ4v) is 2.69. The van der Waals surface area contributed by atoms with Gasteiger partial charge >= 0.3 is 0 Å². The molecular formula is C19H17N5O. The van der Waals surface area contributed by atoms with E-state index in [1.165, 1.54) is 5.56 Å². The number of nitrogens with one attached hydrogen (secondary N) is 1. The highest BCUT2D eigenvalue weighted by Crippen LogP contribution is 2.19. The highest BCUT2D eigenvalue weighted by molar-refractivity contribution is 5.90. The third kappa shape index (κ3) is 3.63. The summed E-state index contributed by atoms with van der Waals surface area (Å²) in [4.78, 5) is 13.0. The monoisotopic (exact) mass is 331 g/mol. The zero-order valence-corrected chi connectivity index (χ0v) is 13.6. The number of hydrogen-bond acceptors (Lipinski definition) is 6. The van der Waals surface area contributed by atoms with E-state index in [-0.39, 0.29) is 0 Å². The van der Waals surface area contributed by atoms with Gasteiger partial charge in [0, 0.05) is 48.7 Å². The van der Waals surface area contributed by atoms with Crippen molar-refractivity contribution in [1.82, 2.24) is 20.1 Å². The van der Waals surface area contributed by atoms with Gasteiger partial charge in [-0.2, -0.15) is 4.98 Å². The minimum absolute atomic E-state index is 0.625. The number of benzene rings is 1. The summed E-state index contributed by atoms with van der Waals surface area (Å²) >= 11 is 0. The molecule has 6 heteroatoms. The first-order chi connectivity index (χ1) is 12.4. The van der Waals surface area contributed by atoms with Crippen molar-refractivity contribution in [2.24, 2.45) is 0 Å². The molecule has 3 heterocycles. The minimum Gasteiger partial charge on any atom is -0.369 e. The lowest BCUT2D eigenvalue weighted by atomic mass is 10.1. The molecule has 0 spiro atoms. The van der Waals surface area contributed by atoms with Crippen LogP contribution in [0.25, 0.3) is 10.8 Å². The van der Waals surface area contributed by atoms with Crippen molar-refractivity contribution in [3.05, 3.63) is 78.3 Å². The van der Waals surface area contributed by atoms with E-state index >= 15 is 0 Å². The highest BCUT2D eigenvalue weighted by atomic mass is 16.5. The molecule has 1 aromatic carbocycles. The van der Waals surface area contributed by atoms with Gasteiger partial charge in [-0.1, -0.05) is 35.5 Å². The SMILES string of the molecule is c1ccc(Cc2noc(CCNc3nccc4cnccc34)n2)cc1. The van der Waals surface area contributed by atoms with Crippen molar-refractivity contribution < 1.29 is 4.52 Å². The molecule has 0 atom stereocenters. The van der Waals surface area contributed by atoms with Crippen LogP contribution in [0.3, 0.4) is 0 Å². The maximum atomic E-state index is 5.33. The number of rotatable bonds is 6. The average Bonchev–Trinajstić information content (AvgIpc) is 3.10. The van der Waals surface area contributed by atoms with E-state index in [4.69, 9.17) is 4.52 Å². The highest BCUT2D eigenvalue weighted by Gasteiger charge is 2.08. The number of pyridine rings is 2. The summed E-state index contributed by atoms with van der Waals surface area (Å²) in [6, 6.07) is 14.0. The van der Waals surface area contributed by atoms with Gasteiger partial charge in [0.25, 0.3) is 0 Å². The Morgan fingerprint density at radius 2 is 1.92 bits per heavy atom. The summed E-state index contributed by atoms with van der Waals surface area (Å²) in [5.74, 6) is 2.17. The normalized spacial score (nSPS) is 10.9. The Kier molecular flexibility index (Phi) is 4.33. The molecule has 4 rings (SSSR count). The predicted molar refractivity (Wildman–Crippen MR) is 95.3 cm³/mol. The molecule has 0 unspecified atom stereocenters. The van der Waals surface area contributed by atoms with E-state index in [1.807, 2.05) is 36.5 Å². The fourth-order valence-electron chi connectivity index (χ4n) is 2.69. The molecule has 6 nitrogen and oxygen atoms in total. The lowest BCUT2D eigenvalue weighted by molar-refractivity contribution is 0.376. The van der Waals surface area contributed by atoms with Crippen molar-refractivity contribution in [3.63, 3.8) is 0 Å². The quantitative estimate of drug-likeness (QED) is 0.584. The number of aromatic nitrogens is 4. The minimum atomic E-state index is 0.625. The molecule has 0 aliphatic rings. The lowest BCUT2D eigenvalue weighted by Crippen LogP contribution is -2.07. The Bertz CT molecular complexity index is 962. The first kappa shape index (κ1) is 15.3. The number of nitrogens with zero attached hydrogens (tertiary/aromatic N) is 4. The van der Waals surface area contributed by atoms with Crippen LogP contribution in [-0.2, 0) is 12.8 Å². The molecule has 0 bridgehead atoms. The summed E-state index contributed by atoms with van der Waals surface area (Å²) < 4.78 is 5.33. The second-order valence-corrected chi connectivity index (χ2v) is 5.70. The van der Waals surface area contributed by atoms with Crippen LogP contribution in [-0.4, -0.2) is 26.7 Å². The van der Waals surface area contributed by atoms with Crippen LogP contribution < -0.4 is 5.32 Å². The van der Waals surface area contributed by atoms with Crippen LogP contribution in [0.5, 0.6) is 0 Å². The van der Waals surface area contributed by atoms with Crippen molar-refractivity contribution in [2.75, 3.05) is 11.9 Å². The summed E-state index contributed by atoms with van der Waals surface area (Å²) in [6.07, 6.45) is 6.69. The smallest absolute Gasteiger partial charge is 0.228 e. The van der Waals surface area contributed by atoms with Gasteiger partial charge < -0.3 is 9.84 Å². The first-order valence-electron chi connectivity index (χ1n) is 8.16. The summed E-state index contributed by atoms with van der Waals surface area (Å²) in [5, 5.41) is 9.48. The molecule has 0 aliphatic heterocycles. The van der Waals surface area contributed by atoms with Crippen molar-refractivity contribution in [3.8, 4) is 0 Å². The van der Waals surface area contributed by atoms with E-state index in [2.05, 4.69) is 37.6 Å². The first-order valence-corrected chi connectivity index (χ1v) is 8.16. The van der Waals surface area contributed by atoms with Gasteiger partial charge in [-0.15, -0.1) is 0 Å². The Balaban J connectivity index is 1.37. The summed E-state index contributed by atoms with van der Waals surface area (Å²) in [6.45, 7) is 0.668. The van der Waals surface area contributed by atoms with Crippen LogP contribution in [0.2, 0.25) is 0 Å². The predicted octanol–water partition coefficient (Wildman–Crippen LogP) is 3.26. The molecule has 0 amide bonds. The summed E-state index contributed by atoms with van der Waals surface area (Å²) in [7, 11) is 0. The molecule has 4 aromatic rings. The van der Waals surface area contributed by atoms with E-state index in [9.17, 15) is 0 Å². The molecular weight excluding hydrogens is 314 g/mol. The van der Waals surface area contributed by atoms with E-state index < -0.39 is 0 Å². The third-order valence-electron chi connectivity index (χ3n) is 3.91. The second kappa shape index (κ2) is 7.09. The van der Waals surface area contributed by atoms with Gasteiger partial charge in [0.15, 0.2) is 5.82 Å². The number of anilines is 1. The topological polar surface area (TPSA) is 76.7 Å². The largest absolute Gasteiger partial charge is 0.369 e. The molecule has 0 saturated heterocycles. The van der Waals surface area contributed by atoms with E-state index in [0.29, 0.717) is 31.1 Å². The molecule has 0 aliphatic carbocycles. The molecule has 3 aromatic heterocycles. The second-order valence-electron chi connectivity index (χ2n) is 5.70. The average molecular weight is 331 g/mol. The molecule has 0 radical (unpaired) electrons. The molecule has 0 fully saturated rings. The fraction of sp³-hybridized carbons (Fsp3) is 0.158. The van der Waals surface area contributed by atoms with Crippen molar-refractivity contribution in [2.45, 2.75) is 12.8 Å². The molecule has 0 saturated carbocycles. The van der Waals surface area contributed by atoms with Crippen LogP contribution in [0.15, 0.2) is 65.6 Å². The van der Waals surface area contributed by atoms with Gasteiger partial charge in [-0.3, -0.25) is 4.98 Å². The van der Waals surface area contributed by atoms with Gasteiger partial charge in [-0.05, 0) is 17.7 Å². The Morgan fingerprint density at radius 1 is 1.00 bits per heavy atom. The standard InChI is InChI=1S/C19H17N5O/c1-2-4-14(5-3-1)12-17-23-18(25-24-17)8-11-22-19-16-7-9-20-13-15(16)6-10-21-19/h1-7,9-10,13H,8,11-12H2,(H,21,22). The van der Waals surface area contributed by atoms with Gasteiger partial charge in [-0.25, -0.2) is 4.98 Å². The van der Waals surface area contributed by atoms with Gasteiger partial charge in [0.05, 0.1) is 0 Å². The Labute approximate surface area is 144 Å². The van der Waals surface area contributed by atoms with Crippen molar-refractivity contribution in [1.29, 1.82) is 0 Å². The Morgan fingerprint density at radius 3 is 2.84 bits per heavy atom. The van der Waals surface area contributed by atoms with Crippen LogP contribution in [0.4, 0.5) is 5.82 Å².